The van der Waals surface area contributed by atoms with Crippen molar-refractivity contribution in [2.75, 3.05) is 0 Å². The number of ketones is 1. The highest BCUT2D eigenvalue weighted by atomic mass is 35.5. The summed E-state index contributed by atoms with van der Waals surface area (Å²) >= 11 is 5.46. The number of carbonyl (C=O) groups is 1. The van der Waals surface area contributed by atoms with E-state index in [2.05, 4.69) is 0 Å². The van der Waals surface area contributed by atoms with Gasteiger partial charge in [0.05, 0.1) is 5.02 Å². The molecule has 0 aromatic heterocycles. The maximum Gasteiger partial charge on any atom is 0.333 e. The van der Waals surface area contributed by atoms with E-state index in [0.717, 1.165) is 6.07 Å². The summed E-state index contributed by atoms with van der Waals surface area (Å²) in [6.07, 6.45) is 0. The fourth-order valence-corrected chi connectivity index (χ4v) is 1.87. The first-order valence-corrected chi connectivity index (χ1v) is 5.33. The summed E-state index contributed by atoms with van der Waals surface area (Å²) in [7, 11) is -4.87. The molecule has 0 spiro atoms. The van der Waals surface area contributed by atoms with Gasteiger partial charge in [-0.2, -0.15) is 8.42 Å². The van der Waals surface area contributed by atoms with Crippen molar-refractivity contribution in [2.45, 2.75) is 11.8 Å². The molecule has 0 N–H and O–H groups in total. The lowest BCUT2D eigenvalue weighted by Gasteiger charge is -2.00. The topological polar surface area (TPSA) is 51.2 Å². The molecule has 3 nitrogen and oxygen atoms in total. The van der Waals surface area contributed by atoms with E-state index >= 15 is 0 Å². The molecule has 0 aliphatic rings. The van der Waals surface area contributed by atoms with Crippen LogP contribution in [0.15, 0.2) is 23.1 Å². The summed E-state index contributed by atoms with van der Waals surface area (Å²) in [6.45, 7) is 1.25. The lowest BCUT2D eigenvalue weighted by molar-refractivity contribution is 0.101. The van der Waals surface area contributed by atoms with Gasteiger partial charge in [0.1, 0.15) is 4.90 Å². The van der Waals surface area contributed by atoms with Gasteiger partial charge in [0, 0.05) is 5.56 Å². The standard InChI is InChI=1S/C8H6ClFO3S/c1-5(11)6-2-3-7(9)8(4-6)14(10,12)13/h2-4H,1H3. The van der Waals surface area contributed by atoms with Gasteiger partial charge in [0.15, 0.2) is 5.78 Å². The highest BCUT2D eigenvalue weighted by Gasteiger charge is 2.17. The molecule has 0 radical (unpaired) electrons. The van der Waals surface area contributed by atoms with E-state index in [1.54, 1.807) is 0 Å². The zero-order chi connectivity index (χ0) is 10.9. The van der Waals surface area contributed by atoms with E-state index < -0.39 is 15.1 Å². The van der Waals surface area contributed by atoms with E-state index in [-0.39, 0.29) is 16.4 Å². The highest BCUT2D eigenvalue weighted by molar-refractivity contribution is 7.86. The monoisotopic (exact) mass is 236 g/mol. The third-order valence-electron chi connectivity index (χ3n) is 1.60. The normalized spacial score (nSPS) is 11.4. The van der Waals surface area contributed by atoms with Crippen LogP contribution in [0.1, 0.15) is 17.3 Å². The first-order valence-electron chi connectivity index (χ1n) is 3.57. The third-order valence-corrected chi connectivity index (χ3v) is 2.91. The van der Waals surface area contributed by atoms with Gasteiger partial charge in [0.25, 0.3) is 0 Å². The maximum absolute atomic E-state index is 12.6. The molecule has 0 heterocycles. The van der Waals surface area contributed by atoms with Gasteiger partial charge in [-0.25, -0.2) is 0 Å². The van der Waals surface area contributed by atoms with Crippen molar-refractivity contribution in [1.82, 2.24) is 0 Å². The van der Waals surface area contributed by atoms with Gasteiger partial charge in [-0.05, 0) is 25.1 Å². The first-order chi connectivity index (χ1) is 6.32. The molecule has 0 atom stereocenters. The Labute approximate surface area is 85.7 Å². The predicted molar refractivity (Wildman–Crippen MR) is 49.8 cm³/mol. The van der Waals surface area contributed by atoms with E-state index in [0.29, 0.717) is 0 Å². The van der Waals surface area contributed by atoms with E-state index in [1.807, 2.05) is 0 Å². The Balaban J connectivity index is 3.44. The minimum atomic E-state index is -4.87. The van der Waals surface area contributed by atoms with Crippen LogP contribution in [0.3, 0.4) is 0 Å². The number of hydrogen-bond donors (Lipinski definition) is 0. The molecule has 14 heavy (non-hydrogen) atoms. The Morgan fingerprint density at radius 2 is 2.00 bits per heavy atom. The maximum atomic E-state index is 12.6. The minimum absolute atomic E-state index is 0.102. The molecule has 0 saturated carbocycles. The summed E-state index contributed by atoms with van der Waals surface area (Å²) in [5.41, 5.74) is 0.102. The third kappa shape index (κ3) is 2.30. The average Bonchev–Trinajstić information content (AvgIpc) is 2.02. The number of Topliss-reactive ketones (excluding diaryl/α,β-unsaturated/α-hetero) is 1. The first kappa shape index (κ1) is 11.1. The zero-order valence-electron chi connectivity index (χ0n) is 7.12. The second kappa shape index (κ2) is 3.67. The molecule has 1 aromatic rings. The number of rotatable bonds is 2. The minimum Gasteiger partial charge on any atom is -0.295 e. The lowest BCUT2D eigenvalue weighted by Crippen LogP contribution is -1.98. The van der Waals surface area contributed by atoms with Crippen LogP contribution in [0, 0.1) is 0 Å². The molecule has 6 heteroatoms. The Morgan fingerprint density at radius 1 is 1.43 bits per heavy atom. The Morgan fingerprint density at radius 3 is 2.43 bits per heavy atom. The smallest absolute Gasteiger partial charge is 0.295 e. The molecular formula is C8H6ClFO3S. The van der Waals surface area contributed by atoms with Gasteiger partial charge in [0.2, 0.25) is 0 Å². The van der Waals surface area contributed by atoms with Crippen molar-refractivity contribution in [2.24, 2.45) is 0 Å². The van der Waals surface area contributed by atoms with Crippen LogP contribution < -0.4 is 0 Å². The van der Waals surface area contributed by atoms with Gasteiger partial charge < -0.3 is 0 Å². The van der Waals surface area contributed by atoms with Crippen molar-refractivity contribution in [3.05, 3.63) is 28.8 Å². The van der Waals surface area contributed by atoms with E-state index in [9.17, 15) is 17.1 Å². The summed E-state index contributed by atoms with van der Waals surface area (Å²) < 4.78 is 33.7. The second-order valence-electron chi connectivity index (χ2n) is 2.64. The predicted octanol–water partition coefficient (Wildman–Crippen LogP) is 2.20. The number of benzene rings is 1. The number of halogens is 2. The molecule has 0 saturated heterocycles. The molecule has 1 rings (SSSR count). The quantitative estimate of drug-likeness (QED) is 0.584. The molecule has 76 valence electrons. The zero-order valence-corrected chi connectivity index (χ0v) is 8.69. The van der Waals surface area contributed by atoms with Crippen molar-refractivity contribution >= 4 is 27.6 Å². The van der Waals surface area contributed by atoms with Gasteiger partial charge in [-0.3, -0.25) is 4.79 Å². The highest BCUT2D eigenvalue weighted by Crippen LogP contribution is 2.24. The Bertz CT molecular complexity index is 481. The molecule has 0 aliphatic heterocycles. The van der Waals surface area contributed by atoms with Crippen molar-refractivity contribution in [3.63, 3.8) is 0 Å². The van der Waals surface area contributed by atoms with Crippen LogP contribution in [0.2, 0.25) is 5.02 Å². The van der Waals surface area contributed by atoms with E-state index in [4.69, 9.17) is 11.6 Å². The van der Waals surface area contributed by atoms with Crippen LogP contribution in [0.25, 0.3) is 0 Å². The fraction of sp³-hybridized carbons (Fsp3) is 0.125. The summed E-state index contributed by atoms with van der Waals surface area (Å²) in [5.74, 6) is -0.355. The van der Waals surface area contributed by atoms with Crippen molar-refractivity contribution in [3.8, 4) is 0 Å². The van der Waals surface area contributed by atoms with Gasteiger partial charge in [-0.15, -0.1) is 3.89 Å². The van der Waals surface area contributed by atoms with E-state index in [1.165, 1.54) is 19.1 Å². The van der Waals surface area contributed by atoms with Crippen LogP contribution >= 0.6 is 11.6 Å². The lowest BCUT2D eigenvalue weighted by atomic mass is 10.1. The van der Waals surface area contributed by atoms with Crippen LogP contribution in [-0.2, 0) is 10.2 Å². The van der Waals surface area contributed by atoms with Crippen LogP contribution in [0.4, 0.5) is 3.89 Å². The van der Waals surface area contributed by atoms with Crippen molar-refractivity contribution in [1.29, 1.82) is 0 Å². The molecule has 0 unspecified atom stereocenters. The van der Waals surface area contributed by atoms with Gasteiger partial charge in [-0.1, -0.05) is 11.6 Å². The van der Waals surface area contributed by atoms with Crippen LogP contribution in [-0.4, -0.2) is 14.2 Å². The van der Waals surface area contributed by atoms with Crippen LogP contribution in [0.5, 0.6) is 0 Å². The summed E-state index contributed by atoms with van der Waals surface area (Å²) in [5, 5.41) is -0.238. The molecule has 0 fully saturated rings. The SMILES string of the molecule is CC(=O)c1ccc(Cl)c(S(=O)(=O)F)c1. The Kier molecular flexibility index (Phi) is 2.92. The average molecular weight is 237 g/mol. The number of hydrogen-bond acceptors (Lipinski definition) is 3. The molecule has 0 aliphatic carbocycles. The summed E-state index contributed by atoms with van der Waals surface area (Å²) in [6, 6.07) is 3.42. The van der Waals surface area contributed by atoms with Gasteiger partial charge >= 0.3 is 10.2 Å². The summed E-state index contributed by atoms with van der Waals surface area (Å²) in [4.78, 5) is 10.2. The molecule has 0 bridgehead atoms. The second-order valence-corrected chi connectivity index (χ2v) is 4.36. The fourth-order valence-electron chi connectivity index (χ4n) is 0.909. The van der Waals surface area contributed by atoms with Crippen molar-refractivity contribution < 1.29 is 17.1 Å². The molecular weight excluding hydrogens is 231 g/mol. The number of carbonyl (C=O) groups excluding carboxylic acids is 1. The molecule has 0 amide bonds. The largest absolute Gasteiger partial charge is 0.333 e. The molecule has 1 aromatic carbocycles. The Hall–Kier alpha value is -0.940.